The lowest BCUT2D eigenvalue weighted by Gasteiger charge is -2.38. The van der Waals surface area contributed by atoms with E-state index in [9.17, 15) is 5.21 Å². The van der Waals surface area contributed by atoms with Crippen LogP contribution in [0.25, 0.3) is 0 Å². The highest BCUT2D eigenvalue weighted by atomic mass is 16.5. The van der Waals surface area contributed by atoms with Crippen LogP contribution in [0, 0.1) is 5.21 Å². The zero-order chi connectivity index (χ0) is 10.7. The predicted octanol–water partition coefficient (Wildman–Crippen LogP) is 3.04. The van der Waals surface area contributed by atoms with Gasteiger partial charge in [-0.15, -0.1) is 0 Å². The van der Waals surface area contributed by atoms with E-state index in [4.69, 9.17) is 0 Å². The van der Waals surface area contributed by atoms with Crippen LogP contribution >= 0.6 is 0 Å². The fraction of sp³-hybridized carbons (Fsp3) is 0.0769. The quantitative estimate of drug-likeness (QED) is 0.683. The molecular formula is C13H12NO-. The molecule has 0 spiro atoms. The number of anilines is 1. The van der Waals surface area contributed by atoms with E-state index in [2.05, 4.69) is 6.58 Å². The average Bonchev–Trinajstić information content (AvgIpc) is 2.30. The van der Waals surface area contributed by atoms with Gasteiger partial charge in [-0.25, -0.2) is 0 Å². The van der Waals surface area contributed by atoms with Crippen molar-refractivity contribution in [1.29, 1.82) is 0 Å². The van der Waals surface area contributed by atoms with Crippen molar-refractivity contribution < 1.29 is 0 Å². The summed E-state index contributed by atoms with van der Waals surface area (Å²) in [6.45, 7) is 3.86. The van der Waals surface area contributed by atoms with Gasteiger partial charge < -0.3 is 10.3 Å². The Morgan fingerprint density at radius 2 is 1.87 bits per heavy atom. The second kappa shape index (κ2) is 4.15. The predicted molar refractivity (Wildman–Crippen MR) is 63.5 cm³/mol. The molecule has 1 aromatic rings. The molecule has 1 atom stereocenters. The molecule has 0 fully saturated rings. The number of nitrogens with zero attached hydrogens (tertiary/aromatic N) is 1. The van der Waals surface area contributed by atoms with Crippen molar-refractivity contribution in [3.8, 4) is 0 Å². The summed E-state index contributed by atoms with van der Waals surface area (Å²) < 4.78 is 0. The lowest BCUT2D eigenvalue weighted by atomic mass is 10.0. The molecule has 1 aromatic carbocycles. The van der Waals surface area contributed by atoms with Crippen LogP contribution < -0.4 is 5.06 Å². The summed E-state index contributed by atoms with van der Waals surface area (Å²) in [6, 6.07) is 8.91. The van der Waals surface area contributed by atoms with Crippen LogP contribution in [0.3, 0.4) is 0 Å². The van der Waals surface area contributed by atoms with Crippen molar-refractivity contribution in [2.24, 2.45) is 0 Å². The third kappa shape index (κ3) is 2.00. The Morgan fingerprint density at radius 1 is 1.13 bits per heavy atom. The number of hydroxylamine groups is 1. The maximum Gasteiger partial charge on any atom is 0.0616 e. The van der Waals surface area contributed by atoms with E-state index in [0.29, 0.717) is 5.69 Å². The van der Waals surface area contributed by atoms with Gasteiger partial charge in [0, 0.05) is 5.69 Å². The van der Waals surface area contributed by atoms with Gasteiger partial charge in [0.25, 0.3) is 0 Å². The Hall–Kier alpha value is -1.80. The molecule has 0 N–H and O–H groups in total. The molecule has 0 saturated carbocycles. The van der Waals surface area contributed by atoms with Gasteiger partial charge in [-0.3, -0.25) is 0 Å². The first kappa shape index (κ1) is 9.74. The molecule has 0 amide bonds. The monoisotopic (exact) mass is 198 g/mol. The third-order valence-electron chi connectivity index (χ3n) is 2.36. The molecule has 2 heteroatoms. The third-order valence-corrected chi connectivity index (χ3v) is 2.36. The van der Waals surface area contributed by atoms with E-state index < -0.39 is 0 Å². The maximum atomic E-state index is 12.0. The van der Waals surface area contributed by atoms with Crippen molar-refractivity contribution in [2.45, 2.75) is 6.04 Å². The zero-order valence-electron chi connectivity index (χ0n) is 8.34. The van der Waals surface area contributed by atoms with Gasteiger partial charge in [0.05, 0.1) is 6.04 Å². The standard InChI is InChI=1S/C13H12NO/c1-11-7-5-6-10-13(11)14(15)12-8-3-2-4-9-12/h2-10,13H,1H2/q-1. The lowest BCUT2D eigenvalue weighted by Crippen LogP contribution is -2.29. The second-order valence-corrected chi connectivity index (χ2v) is 3.43. The van der Waals surface area contributed by atoms with Crippen LogP contribution in [0.4, 0.5) is 5.69 Å². The first-order chi connectivity index (χ1) is 7.29. The first-order valence-corrected chi connectivity index (χ1v) is 4.84. The van der Waals surface area contributed by atoms with Crippen molar-refractivity contribution in [3.05, 3.63) is 72.0 Å². The van der Waals surface area contributed by atoms with Crippen LogP contribution in [0.5, 0.6) is 0 Å². The molecule has 0 saturated heterocycles. The molecule has 15 heavy (non-hydrogen) atoms. The molecular weight excluding hydrogens is 186 g/mol. The molecule has 2 nitrogen and oxygen atoms in total. The molecule has 0 radical (unpaired) electrons. The van der Waals surface area contributed by atoms with E-state index in [0.717, 1.165) is 10.6 Å². The molecule has 0 bridgehead atoms. The second-order valence-electron chi connectivity index (χ2n) is 3.43. The van der Waals surface area contributed by atoms with Crippen molar-refractivity contribution in [1.82, 2.24) is 0 Å². The highest BCUT2D eigenvalue weighted by Gasteiger charge is 2.11. The summed E-state index contributed by atoms with van der Waals surface area (Å²) >= 11 is 0. The molecule has 76 valence electrons. The Morgan fingerprint density at radius 3 is 2.53 bits per heavy atom. The van der Waals surface area contributed by atoms with Gasteiger partial charge in [-0.1, -0.05) is 49.1 Å². The van der Waals surface area contributed by atoms with Gasteiger partial charge in [0.2, 0.25) is 0 Å². The van der Waals surface area contributed by atoms with Crippen molar-refractivity contribution in [3.63, 3.8) is 0 Å². The topological polar surface area (TPSA) is 26.3 Å². The molecule has 0 aliphatic heterocycles. The number of para-hydroxylation sites is 1. The molecule has 1 aliphatic rings. The van der Waals surface area contributed by atoms with Gasteiger partial charge in [0.1, 0.15) is 0 Å². The number of allylic oxidation sites excluding steroid dienone is 2. The summed E-state index contributed by atoms with van der Waals surface area (Å²) in [5, 5.41) is 13.0. The highest BCUT2D eigenvalue weighted by molar-refractivity contribution is 5.53. The minimum absolute atomic E-state index is 0.280. The fourth-order valence-corrected chi connectivity index (χ4v) is 1.54. The number of benzene rings is 1. The summed E-state index contributed by atoms with van der Waals surface area (Å²) in [4.78, 5) is 0. The average molecular weight is 198 g/mol. The number of rotatable bonds is 2. The van der Waals surface area contributed by atoms with E-state index in [1.54, 1.807) is 12.1 Å². The van der Waals surface area contributed by atoms with Crippen LogP contribution in [0.15, 0.2) is 66.8 Å². The maximum absolute atomic E-state index is 12.0. The molecule has 1 unspecified atom stereocenters. The Kier molecular flexibility index (Phi) is 2.70. The number of hydrogen-bond acceptors (Lipinski definition) is 2. The minimum atomic E-state index is -0.280. The highest BCUT2D eigenvalue weighted by Crippen LogP contribution is 2.22. The van der Waals surface area contributed by atoms with Gasteiger partial charge in [0.15, 0.2) is 0 Å². The Bertz CT molecular complexity index is 406. The van der Waals surface area contributed by atoms with E-state index in [1.165, 1.54) is 0 Å². The normalized spacial score (nSPS) is 19.3. The van der Waals surface area contributed by atoms with E-state index >= 15 is 0 Å². The first-order valence-electron chi connectivity index (χ1n) is 4.84. The molecule has 2 rings (SSSR count). The van der Waals surface area contributed by atoms with Crippen LogP contribution in [-0.4, -0.2) is 6.04 Å². The Balaban J connectivity index is 2.22. The molecule has 0 heterocycles. The minimum Gasteiger partial charge on any atom is -0.758 e. The summed E-state index contributed by atoms with van der Waals surface area (Å²) in [5.41, 5.74) is 1.47. The summed E-state index contributed by atoms with van der Waals surface area (Å²) in [5.74, 6) is 0. The largest absolute Gasteiger partial charge is 0.758 e. The molecule has 1 aliphatic carbocycles. The van der Waals surface area contributed by atoms with E-state index in [-0.39, 0.29) is 6.04 Å². The van der Waals surface area contributed by atoms with E-state index in [1.807, 2.05) is 42.5 Å². The molecule has 0 aromatic heterocycles. The van der Waals surface area contributed by atoms with Crippen molar-refractivity contribution >= 4 is 5.69 Å². The SMILES string of the molecule is C=C1C=CC=CC1N([O-])c1ccccc1. The smallest absolute Gasteiger partial charge is 0.0616 e. The van der Waals surface area contributed by atoms with Crippen LogP contribution in [0.2, 0.25) is 0 Å². The van der Waals surface area contributed by atoms with Crippen LogP contribution in [-0.2, 0) is 0 Å². The zero-order valence-corrected chi connectivity index (χ0v) is 8.34. The van der Waals surface area contributed by atoms with Crippen LogP contribution in [0.1, 0.15) is 0 Å². The Labute approximate surface area is 89.4 Å². The van der Waals surface area contributed by atoms with Gasteiger partial charge in [-0.2, -0.15) is 0 Å². The van der Waals surface area contributed by atoms with Gasteiger partial charge >= 0.3 is 0 Å². The summed E-state index contributed by atoms with van der Waals surface area (Å²) in [7, 11) is 0. The summed E-state index contributed by atoms with van der Waals surface area (Å²) in [6.07, 6.45) is 7.46. The fourth-order valence-electron chi connectivity index (χ4n) is 1.54. The lowest BCUT2D eigenvalue weighted by molar-refractivity contribution is 0.902. The van der Waals surface area contributed by atoms with Gasteiger partial charge in [-0.05, 0) is 17.7 Å². The van der Waals surface area contributed by atoms with Crippen molar-refractivity contribution in [2.75, 3.05) is 5.06 Å². The number of hydrogen-bond donors (Lipinski definition) is 0.